The third-order valence-electron chi connectivity index (χ3n) is 2.63. The van der Waals surface area contributed by atoms with Crippen molar-refractivity contribution in [3.05, 3.63) is 48.0 Å². The molecular formula is C15H12F3NOS. The Bertz CT molecular complexity index is 638. The highest BCUT2D eigenvalue weighted by atomic mass is 32.2. The van der Waals surface area contributed by atoms with Crippen LogP contribution >= 0.6 is 11.8 Å². The molecule has 0 saturated carbocycles. The summed E-state index contributed by atoms with van der Waals surface area (Å²) in [6.45, 7) is 5.30. The van der Waals surface area contributed by atoms with Gasteiger partial charge in [-0.05, 0) is 73.4 Å². The van der Waals surface area contributed by atoms with Gasteiger partial charge in [0.25, 0.3) is 0 Å². The Morgan fingerprint density at radius 3 is 2.29 bits per heavy atom. The number of hydrogen-bond donors (Lipinski definition) is 0. The van der Waals surface area contributed by atoms with Crippen molar-refractivity contribution < 1.29 is 17.9 Å². The lowest BCUT2D eigenvalue weighted by molar-refractivity contribution is -0.0328. The lowest BCUT2D eigenvalue weighted by atomic mass is 10.2. The Balaban J connectivity index is 2.11. The van der Waals surface area contributed by atoms with Crippen LogP contribution in [0.15, 0.2) is 52.4 Å². The minimum Gasteiger partial charge on any atom is -0.457 e. The van der Waals surface area contributed by atoms with E-state index in [1.807, 2.05) is 13.0 Å². The standard InChI is InChI=1S/C15H12F3NOS/c1-10-9-11(19-2)3-8-14(10)20-12-4-6-13(7-5-12)21-15(16,17)18/h3-9H,2H2,1H3. The summed E-state index contributed by atoms with van der Waals surface area (Å²) in [4.78, 5) is 3.93. The number of rotatable bonds is 4. The molecule has 0 atom stereocenters. The number of aliphatic imine (C=N–C) groups is 1. The average Bonchev–Trinajstić information content (AvgIpc) is 2.41. The molecule has 0 fully saturated rings. The molecular weight excluding hydrogens is 299 g/mol. The van der Waals surface area contributed by atoms with E-state index in [0.717, 1.165) is 11.3 Å². The molecule has 0 aliphatic rings. The van der Waals surface area contributed by atoms with Crippen molar-refractivity contribution in [2.75, 3.05) is 0 Å². The van der Waals surface area contributed by atoms with Crippen LogP contribution < -0.4 is 4.74 Å². The summed E-state index contributed by atoms with van der Waals surface area (Å²) < 4.78 is 42.3. The summed E-state index contributed by atoms with van der Waals surface area (Å²) in [5, 5.41) is 0. The van der Waals surface area contributed by atoms with Gasteiger partial charge in [0.1, 0.15) is 11.5 Å². The molecule has 0 bridgehead atoms. The second-order valence-electron chi connectivity index (χ2n) is 4.23. The number of aryl methyl sites for hydroxylation is 1. The van der Waals surface area contributed by atoms with Crippen molar-refractivity contribution in [1.82, 2.24) is 0 Å². The summed E-state index contributed by atoms with van der Waals surface area (Å²) in [5.74, 6) is 1.10. The SMILES string of the molecule is C=Nc1ccc(Oc2ccc(SC(F)(F)F)cc2)c(C)c1. The van der Waals surface area contributed by atoms with E-state index in [9.17, 15) is 13.2 Å². The Morgan fingerprint density at radius 2 is 1.76 bits per heavy atom. The lowest BCUT2D eigenvalue weighted by Gasteiger charge is -2.10. The maximum Gasteiger partial charge on any atom is 0.446 e. The van der Waals surface area contributed by atoms with Gasteiger partial charge >= 0.3 is 5.51 Å². The summed E-state index contributed by atoms with van der Waals surface area (Å²) in [5.41, 5.74) is -2.68. The largest absolute Gasteiger partial charge is 0.457 e. The minimum atomic E-state index is -4.29. The molecule has 0 saturated heterocycles. The van der Waals surface area contributed by atoms with E-state index in [1.54, 1.807) is 12.1 Å². The van der Waals surface area contributed by atoms with Gasteiger partial charge in [0, 0.05) is 4.90 Å². The third kappa shape index (κ3) is 4.53. The topological polar surface area (TPSA) is 21.6 Å². The monoisotopic (exact) mass is 311 g/mol. The van der Waals surface area contributed by atoms with Gasteiger partial charge in [0.05, 0.1) is 5.69 Å². The summed E-state index contributed by atoms with van der Waals surface area (Å²) in [7, 11) is 0. The van der Waals surface area contributed by atoms with Crippen LogP contribution in [0.2, 0.25) is 0 Å². The van der Waals surface area contributed by atoms with Gasteiger partial charge in [-0.1, -0.05) is 0 Å². The fourth-order valence-electron chi connectivity index (χ4n) is 1.68. The molecule has 2 aromatic carbocycles. The number of hydrogen-bond acceptors (Lipinski definition) is 3. The van der Waals surface area contributed by atoms with Crippen LogP contribution in [-0.2, 0) is 0 Å². The number of thioether (sulfide) groups is 1. The molecule has 0 N–H and O–H groups in total. The molecule has 21 heavy (non-hydrogen) atoms. The average molecular weight is 311 g/mol. The first-order valence-corrected chi connectivity index (χ1v) is 6.80. The lowest BCUT2D eigenvalue weighted by Crippen LogP contribution is -1.98. The molecule has 110 valence electrons. The van der Waals surface area contributed by atoms with Crippen LogP contribution in [0, 0.1) is 6.92 Å². The van der Waals surface area contributed by atoms with Gasteiger partial charge in [-0.3, -0.25) is 4.99 Å². The van der Waals surface area contributed by atoms with E-state index in [-0.39, 0.29) is 16.7 Å². The number of nitrogens with zero attached hydrogens (tertiary/aromatic N) is 1. The molecule has 0 radical (unpaired) electrons. The molecule has 0 heterocycles. The third-order valence-corrected chi connectivity index (χ3v) is 3.37. The van der Waals surface area contributed by atoms with Crippen LogP contribution in [0.3, 0.4) is 0 Å². The Labute approximate surface area is 124 Å². The van der Waals surface area contributed by atoms with Crippen LogP contribution in [-0.4, -0.2) is 12.2 Å². The first kappa shape index (κ1) is 15.4. The second-order valence-corrected chi connectivity index (χ2v) is 5.37. The second kappa shape index (κ2) is 6.22. The predicted octanol–water partition coefficient (Wildman–Crippen LogP) is 5.73. The van der Waals surface area contributed by atoms with Gasteiger partial charge in [-0.25, -0.2) is 0 Å². The van der Waals surface area contributed by atoms with Crippen molar-refractivity contribution in [3.63, 3.8) is 0 Å². The maximum absolute atomic E-state index is 12.2. The molecule has 2 aromatic rings. The molecule has 2 rings (SSSR count). The van der Waals surface area contributed by atoms with Crippen LogP contribution in [0.1, 0.15) is 5.56 Å². The smallest absolute Gasteiger partial charge is 0.446 e. The number of alkyl halides is 3. The highest BCUT2D eigenvalue weighted by molar-refractivity contribution is 8.00. The summed E-state index contributed by atoms with van der Waals surface area (Å²) in [6.07, 6.45) is 0. The van der Waals surface area contributed by atoms with Gasteiger partial charge in [0.2, 0.25) is 0 Å². The van der Waals surface area contributed by atoms with Crippen molar-refractivity contribution in [2.24, 2.45) is 4.99 Å². The van der Waals surface area contributed by atoms with Crippen molar-refractivity contribution >= 4 is 24.2 Å². The fraction of sp³-hybridized carbons (Fsp3) is 0.133. The zero-order chi connectivity index (χ0) is 15.5. The first-order valence-electron chi connectivity index (χ1n) is 5.98. The normalized spacial score (nSPS) is 11.2. The van der Waals surface area contributed by atoms with Gasteiger partial charge in [-0.15, -0.1) is 0 Å². The molecule has 0 unspecified atom stereocenters. The zero-order valence-corrected chi connectivity index (χ0v) is 12.0. The molecule has 6 heteroatoms. The van der Waals surface area contributed by atoms with Crippen molar-refractivity contribution in [3.8, 4) is 11.5 Å². The molecule has 2 nitrogen and oxygen atoms in total. The van der Waals surface area contributed by atoms with E-state index < -0.39 is 5.51 Å². The maximum atomic E-state index is 12.2. The van der Waals surface area contributed by atoms with Crippen molar-refractivity contribution in [1.29, 1.82) is 0 Å². The van der Waals surface area contributed by atoms with E-state index in [0.29, 0.717) is 11.5 Å². The minimum absolute atomic E-state index is 0.123. The first-order chi connectivity index (χ1) is 9.87. The highest BCUT2D eigenvalue weighted by Gasteiger charge is 2.29. The molecule has 0 aliphatic heterocycles. The molecule has 0 aromatic heterocycles. The Hall–Kier alpha value is -1.95. The van der Waals surface area contributed by atoms with Crippen molar-refractivity contribution in [2.45, 2.75) is 17.3 Å². The number of ether oxygens (including phenoxy) is 1. The Kier molecular flexibility index (Phi) is 4.57. The molecule has 0 spiro atoms. The summed E-state index contributed by atoms with van der Waals surface area (Å²) in [6, 6.07) is 11.1. The Morgan fingerprint density at radius 1 is 1.10 bits per heavy atom. The van der Waals surface area contributed by atoms with Crippen LogP contribution in [0.5, 0.6) is 11.5 Å². The molecule has 0 amide bonds. The van der Waals surface area contributed by atoms with E-state index in [2.05, 4.69) is 11.7 Å². The van der Waals surface area contributed by atoms with E-state index in [4.69, 9.17) is 4.74 Å². The van der Waals surface area contributed by atoms with E-state index >= 15 is 0 Å². The summed E-state index contributed by atoms with van der Waals surface area (Å²) >= 11 is -0.151. The van der Waals surface area contributed by atoms with Gasteiger partial charge in [-0.2, -0.15) is 13.2 Å². The predicted molar refractivity (Wildman–Crippen MR) is 78.8 cm³/mol. The van der Waals surface area contributed by atoms with Crippen LogP contribution in [0.25, 0.3) is 0 Å². The highest BCUT2D eigenvalue weighted by Crippen LogP contribution is 2.37. The van der Waals surface area contributed by atoms with Crippen LogP contribution in [0.4, 0.5) is 18.9 Å². The van der Waals surface area contributed by atoms with Gasteiger partial charge < -0.3 is 4.74 Å². The zero-order valence-electron chi connectivity index (χ0n) is 11.1. The fourth-order valence-corrected chi connectivity index (χ4v) is 2.22. The quantitative estimate of drug-likeness (QED) is 0.531. The van der Waals surface area contributed by atoms with Gasteiger partial charge in [0.15, 0.2) is 0 Å². The number of benzene rings is 2. The van der Waals surface area contributed by atoms with E-state index in [1.165, 1.54) is 24.3 Å². The molecule has 0 aliphatic carbocycles. The number of halogens is 3.